The minimum atomic E-state index is -1.06. The molecule has 0 aromatic heterocycles. The second-order valence-corrected chi connectivity index (χ2v) is 6.91. The number of rotatable bonds is 18. The molecule has 0 heterocycles. The molecule has 0 aliphatic rings. The Labute approximate surface area is 153 Å². The third-order valence-corrected chi connectivity index (χ3v) is 4.47. The molecule has 0 aliphatic carbocycles. The number of carbonyl (C=O) groups excluding carboxylic acids is 1. The van der Waals surface area contributed by atoms with Gasteiger partial charge in [-0.3, -0.25) is 4.79 Å². The Bertz CT molecular complexity index is 334. The fourth-order valence-corrected chi connectivity index (χ4v) is 2.91. The summed E-state index contributed by atoms with van der Waals surface area (Å²) in [5, 5.41) is 11.4. The van der Waals surface area contributed by atoms with Crippen molar-refractivity contribution < 1.29 is 19.4 Å². The van der Waals surface area contributed by atoms with E-state index in [0.717, 1.165) is 19.3 Å². The topological polar surface area (TPSA) is 75.6 Å². The minimum Gasteiger partial charge on any atom is -0.480 e. The van der Waals surface area contributed by atoms with Gasteiger partial charge < -0.3 is 15.2 Å². The Balaban J connectivity index is 3.37. The van der Waals surface area contributed by atoms with Crippen molar-refractivity contribution in [1.29, 1.82) is 0 Å². The first-order valence-electron chi connectivity index (χ1n) is 10.1. The van der Waals surface area contributed by atoms with Crippen LogP contribution in [0.5, 0.6) is 0 Å². The summed E-state index contributed by atoms with van der Waals surface area (Å²) in [4.78, 5) is 22.6. The van der Waals surface area contributed by atoms with E-state index in [1.807, 2.05) is 0 Å². The van der Waals surface area contributed by atoms with Crippen LogP contribution in [0.4, 0.5) is 0 Å². The maximum absolute atomic E-state index is 11.7. The third-order valence-electron chi connectivity index (χ3n) is 4.47. The zero-order chi connectivity index (χ0) is 18.8. The Hall–Kier alpha value is -1.10. The van der Waals surface area contributed by atoms with Gasteiger partial charge in [0.2, 0.25) is 5.91 Å². The standard InChI is InChI=1S/C20H39NO4/c1-3-4-5-6-7-8-9-10-11-12-13-14-15-16-19(22)21-18(17-25-2)20(23)24/h18H,3-17H2,1-2H3,(H,21,22)(H,23,24). The highest BCUT2D eigenvalue weighted by Gasteiger charge is 2.19. The molecule has 0 aliphatic heterocycles. The number of amides is 1. The third kappa shape index (κ3) is 16.1. The molecule has 0 aromatic rings. The van der Waals surface area contributed by atoms with Crippen LogP contribution in [0.25, 0.3) is 0 Å². The Morgan fingerprint density at radius 1 is 0.840 bits per heavy atom. The minimum absolute atomic E-state index is 0.000320. The van der Waals surface area contributed by atoms with Crippen LogP contribution in [-0.4, -0.2) is 36.7 Å². The van der Waals surface area contributed by atoms with Crippen molar-refractivity contribution >= 4 is 11.9 Å². The molecule has 0 bridgehead atoms. The summed E-state index contributed by atoms with van der Waals surface area (Å²) in [5.74, 6) is -1.26. The van der Waals surface area contributed by atoms with Crippen LogP contribution in [0.3, 0.4) is 0 Å². The number of methoxy groups -OCH3 is 1. The zero-order valence-corrected chi connectivity index (χ0v) is 16.4. The van der Waals surface area contributed by atoms with E-state index in [1.54, 1.807) is 0 Å². The van der Waals surface area contributed by atoms with Crippen molar-refractivity contribution in [2.45, 2.75) is 103 Å². The smallest absolute Gasteiger partial charge is 0.328 e. The van der Waals surface area contributed by atoms with Crippen LogP contribution < -0.4 is 5.32 Å². The van der Waals surface area contributed by atoms with Crippen molar-refractivity contribution in [1.82, 2.24) is 5.32 Å². The van der Waals surface area contributed by atoms with Crippen molar-refractivity contribution in [2.24, 2.45) is 0 Å². The number of carboxylic acids is 1. The number of aliphatic carboxylic acids is 1. The summed E-state index contributed by atoms with van der Waals surface area (Å²) >= 11 is 0. The molecule has 1 atom stereocenters. The Morgan fingerprint density at radius 3 is 1.68 bits per heavy atom. The van der Waals surface area contributed by atoms with E-state index >= 15 is 0 Å². The summed E-state index contributed by atoms with van der Waals surface area (Å²) < 4.78 is 4.79. The average Bonchev–Trinajstić information content (AvgIpc) is 2.58. The van der Waals surface area contributed by atoms with Gasteiger partial charge in [0.05, 0.1) is 6.61 Å². The van der Waals surface area contributed by atoms with Gasteiger partial charge in [0.1, 0.15) is 0 Å². The predicted molar refractivity (Wildman–Crippen MR) is 102 cm³/mol. The molecule has 1 unspecified atom stereocenters. The number of carboxylic acid groups (broad SMARTS) is 1. The number of hydrogen-bond acceptors (Lipinski definition) is 3. The lowest BCUT2D eigenvalue weighted by atomic mass is 10.0. The number of ether oxygens (including phenoxy) is 1. The predicted octanol–water partition coefficient (Wildman–Crippen LogP) is 4.68. The van der Waals surface area contributed by atoms with Gasteiger partial charge in [-0.2, -0.15) is 0 Å². The van der Waals surface area contributed by atoms with E-state index in [9.17, 15) is 9.59 Å². The Kier molecular flexibility index (Phi) is 16.9. The van der Waals surface area contributed by atoms with Gasteiger partial charge in [0.15, 0.2) is 6.04 Å². The van der Waals surface area contributed by atoms with E-state index in [-0.39, 0.29) is 12.5 Å². The van der Waals surface area contributed by atoms with Gasteiger partial charge in [-0.25, -0.2) is 4.79 Å². The quantitative estimate of drug-likeness (QED) is 0.349. The number of hydrogen-bond donors (Lipinski definition) is 2. The maximum atomic E-state index is 11.7. The van der Waals surface area contributed by atoms with Crippen molar-refractivity contribution in [3.63, 3.8) is 0 Å². The van der Waals surface area contributed by atoms with Crippen LogP contribution in [0.1, 0.15) is 96.8 Å². The van der Waals surface area contributed by atoms with E-state index in [0.29, 0.717) is 6.42 Å². The number of carbonyl (C=O) groups is 2. The van der Waals surface area contributed by atoms with Gasteiger partial charge in [-0.1, -0.05) is 84.0 Å². The summed E-state index contributed by atoms with van der Waals surface area (Å²) in [6, 6.07) is -0.945. The Morgan fingerprint density at radius 2 is 1.28 bits per heavy atom. The van der Waals surface area contributed by atoms with Gasteiger partial charge in [0.25, 0.3) is 0 Å². The zero-order valence-electron chi connectivity index (χ0n) is 16.4. The summed E-state index contributed by atoms with van der Waals surface area (Å²) in [6.07, 6.45) is 16.8. The van der Waals surface area contributed by atoms with Crippen LogP contribution in [0, 0.1) is 0 Å². The lowest BCUT2D eigenvalue weighted by Gasteiger charge is -2.13. The van der Waals surface area contributed by atoms with E-state index in [1.165, 1.54) is 71.3 Å². The van der Waals surface area contributed by atoms with Crippen LogP contribution in [0.15, 0.2) is 0 Å². The van der Waals surface area contributed by atoms with Gasteiger partial charge >= 0.3 is 5.97 Å². The average molecular weight is 358 g/mol. The molecule has 0 spiro atoms. The molecule has 0 saturated heterocycles. The van der Waals surface area contributed by atoms with Crippen molar-refractivity contribution in [3.05, 3.63) is 0 Å². The molecule has 0 saturated carbocycles. The summed E-state index contributed by atoms with van der Waals surface area (Å²) in [6.45, 7) is 2.25. The molecule has 0 aromatic carbocycles. The first-order valence-corrected chi connectivity index (χ1v) is 10.1. The molecule has 148 valence electrons. The first kappa shape index (κ1) is 23.9. The fraction of sp³-hybridized carbons (Fsp3) is 0.900. The van der Waals surface area contributed by atoms with Gasteiger partial charge in [-0.15, -0.1) is 0 Å². The van der Waals surface area contributed by atoms with Crippen LogP contribution >= 0.6 is 0 Å². The lowest BCUT2D eigenvalue weighted by molar-refractivity contribution is -0.143. The highest BCUT2D eigenvalue weighted by atomic mass is 16.5. The van der Waals surface area contributed by atoms with E-state index < -0.39 is 12.0 Å². The summed E-state index contributed by atoms with van der Waals surface area (Å²) in [7, 11) is 1.43. The molecule has 1 amide bonds. The molecular weight excluding hydrogens is 318 g/mol. The van der Waals surface area contributed by atoms with Crippen molar-refractivity contribution in [2.75, 3.05) is 13.7 Å². The monoisotopic (exact) mass is 357 g/mol. The van der Waals surface area contributed by atoms with Crippen LogP contribution in [-0.2, 0) is 14.3 Å². The van der Waals surface area contributed by atoms with E-state index in [4.69, 9.17) is 9.84 Å². The highest BCUT2D eigenvalue weighted by Crippen LogP contribution is 2.12. The lowest BCUT2D eigenvalue weighted by Crippen LogP contribution is -2.43. The van der Waals surface area contributed by atoms with Gasteiger partial charge in [-0.05, 0) is 6.42 Å². The molecule has 0 radical (unpaired) electrons. The largest absolute Gasteiger partial charge is 0.480 e. The first-order chi connectivity index (χ1) is 12.1. The molecule has 25 heavy (non-hydrogen) atoms. The van der Waals surface area contributed by atoms with Gasteiger partial charge in [0, 0.05) is 13.5 Å². The number of unbranched alkanes of at least 4 members (excludes halogenated alkanes) is 12. The maximum Gasteiger partial charge on any atom is 0.328 e. The molecule has 2 N–H and O–H groups in total. The highest BCUT2D eigenvalue weighted by molar-refractivity contribution is 5.83. The number of nitrogens with one attached hydrogen (secondary N) is 1. The second kappa shape index (κ2) is 17.7. The van der Waals surface area contributed by atoms with E-state index in [2.05, 4.69) is 12.2 Å². The fourth-order valence-electron chi connectivity index (χ4n) is 2.91. The SMILES string of the molecule is CCCCCCCCCCCCCCCC(=O)NC(COC)C(=O)O. The van der Waals surface area contributed by atoms with Crippen LogP contribution in [0.2, 0.25) is 0 Å². The molecular formula is C20H39NO4. The van der Waals surface area contributed by atoms with Crippen molar-refractivity contribution in [3.8, 4) is 0 Å². The normalized spacial score (nSPS) is 12.1. The molecule has 5 heteroatoms. The molecule has 0 rings (SSSR count). The molecule has 5 nitrogen and oxygen atoms in total. The second-order valence-electron chi connectivity index (χ2n) is 6.91. The summed E-state index contributed by atoms with van der Waals surface area (Å²) in [5.41, 5.74) is 0. The molecule has 0 fully saturated rings.